The molecule has 2 fully saturated rings. The smallest absolute Gasteiger partial charge is 0.202 e. The molecule has 4 rings (SSSR count). The van der Waals surface area contributed by atoms with Crippen molar-refractivity contribution in [2.45, 2.75) is 25.3 Å². The summed E-state index contributed by atoms with van der Waals surface area (Å²) in [5.41, 5.74) is 7.01. The Morgan fingerprint density at radius 1 is 1.21 bits per heavy atom. The van der Waals surface area contributed by atoms with Crippen molar-refractivity contribution in [1.29, 1.82) is 0 Å². The second-order valence-electron chi connectivity index (χ2n) is 5.95. The van der Waals surface area contributed by atoms with Gasteiger partial charge in [-0.25, -0.2) is 0 Å². The van der Waals surface area contributed by atoms with Gasteiger partial charge >= 0.3 is 0 Å². The quantitative estimate of drug-likeness (QED) is 0.839. The van der Waals surface area contributed by atoms with Gasteiger partial charge in [-0.2, -0.15) is 0 Å². The fourth-order valence-electron chi connectivity index (χ4n) is 3.99. The molecule has 2 aliphatic carbocycles. The maximum absolute atomic E-state index is 12.6. The minimum atomic E-state index is -0.0284. The number of rotatable bonds is 2. The fraction of sp³-hybridized carbons (Fsp3) is 0.438. The van der Waals surface area contributed by atoms with Gasteiger partial charge in [0.15, 0.2) is 5.76 Å². The summed E-state index contributed by atoms with van der Waals surface area (Å²) in [5.74, 6) is 1.58. The topological polar surface area (TPSA) is 56.2 Å². The minimum absolute atomic E-state index is 0.0273. The van der Waals surface area contributed by atoms with Crippen molar-refractivity contribution in [1.82, 2.24) is 0 Å². The van der Waals surface area contributed by atoms with Crippen LogP contribution < -0.4 is 5.73 Å². The molecule has 1 heterocycles. The van der Waals surface area contributed by atoms with E-state index in [9.17, 15) is 4.79 Å². The second kappa shape index (κ2) is 3.94. The standard InChI is InChI=1S/C16H17NO2/c17-15-11-6-5-10(7-11)14(15)16(18)13-8-9-3-1-2-4-12(9)19-13/h1-4,8,10-11,14-15H,5-7,17H2. The molecule has 19 heavy (non-hydrogen) atoms. The maximum atomic E-state index is 12.6. The summed E-state index contributed by atoms with van der Waals surface area (Å²) in [6.07, 6.45) is 3.46. The molecule has 0 aliphatic heterocycles. The summed E-state index contributed by atoms with van der Waals surface area (Å²) < 4.78 is 5.69. The molecule has 3 nitrogen and oxygen atoms in total. The lowest BCUT2D eigenvalue weighted by Gasteiger charge is -2.25. The van der Waals surface area contributed by atoms with Gasteiger partial charge in [0, 0.05) is 17.3 Å². The molecule has 1 aromatic heterocycles. The van der Waals surface area contributed by atoms with Gasteiger partial charge in [-0.1, -0.05) is 18.2 Å². The van der Waals surface area contributed by atoms with Gasteiger partial charge in [0.25, 0.3) is 0 Å². The van der Waals surface area contributed by atoms with Crippen LogP contribution in [0.3, 0.4) is 0 Å². The lowest BCUT2D eigenvalue weighted by Crippen LogP contribution is -2.40. The van der Waals surface area contributed by atoms with Crippen LogP contribution in [0.5, 0.6) is 0 Å². The number of furan rings is 1. The van der Waals surface area contributed by atoms with Crippen molar-refractivity contribution >= 4 is 16.8 Å². The molecule has 0 saturated heterocycles. The molecular formula is C16H17NO2. The predicted octanol–water partition coefficient (Wildman–Crippen LogP) is 2.99. The highest BCUT2D eigenvalue weighted by Crippen LogP contribution is 2.48. The number of Topliss-reactive ketones (excluding diaryl/α,β-unsaturated/α-hetero) is 1. The van der Waals surface area contributed by atoms with Gasteiger partial charge in [0.1, 0.15) is 5.58 Å². The second-order valence-corrected chi connectivity index (χ2v) is 5.95. The molecule has 1 aromatic carbocycles. The largest absolute Gasteiger partial charge is 0.453 e. The average Bonchev–Trinajstić information content (AvgIpc) is 3.11. The average molecular weight is 255 g/mol. The van der Waals surface area contributed by atoms with Gasteiger partial charge < -0.3 is 10.2 Å². The summed E-state index contributed by atoms with van der Waals surface area (Å²) in [5, 5.41) is 0.988. The third-order valence-electron chi connectivity index (χ3n) is 4.95. The summed E-state index contributed by atoms with van der Waals surface area (Å²) in [6.45, 7) is 0. The predicted molar refractivity (Wildman–Crippen MR) is 72.8 cm³/mol. The Morgan fingerprint density at radius 3 is 2.74 bits per heavy atom. The number of fused-ring (bicyclic) bond motifs is 3. The number of hydrogen-bond acceptors (Lipinski definition) is 3. The van der Waals surface area contributed by atoms with Crippen molar-refractivity contribution in [3.63, 3.8) is 0 Å². The number of para-hydroxylation sites is 1. The Morgan fingerprint density at radius 2 is 2.00 bits per heavy atom. The van der Waals surface area contributed by atoms with E-state index in [1.807, 2.05) is 30.3 Å². The Labute approximate surface area is 111 Å². The zero-order valence-corrected chi connectivity index (χ0v) is 10.7. The first-order chi connectivity index (χ1) is 9.24. The number of benzene rings is 1. The zero-order chi connectivity index (χ0) is 13.0. The van der Waals surface area contributed by atoms with E-state index in [4.69, 9.17) is 10.2 Å². The van der Waals surface area contributed by atoms with Crippen LogP contribution in [0.15, 0.2) is 34.7 Å². The van der Waals surface area contributed by atoms with E-state index in [0.717, 1.165) is 23.8 Å². The number of hydrogen-bond donors (Lipinski definition) is 1. The molecule has 2 N–H and O–H groups in total. The first-order valence-electron chi connectivity index (χ1n) is 7.02. The molecule has 98 valence electrons. The van der Waals surface area contributed by atoms with Crippen LogP contribution in [0.2, 0.25) is 0 Å². The number of ketones is 1. The molecule has 2 saturated carbocycles. The first-order valence-corrected chi connectivity index (χ1v) is 7.02. The van der Waals surface area contributed by atoms with Crippen LogP contribution in [-0.2, 0) is 0 Å². The first kappa shape index (κ1) is 11.2. The van der Waals surface area contributed by atoms with Crippen LogP contribution in [0, 0.1) is 17.8 Å². The maximum Gasteiger partial charge on any atom is 0.202 e. The summed E-state index contributed by atoms with van der Waals surface area (Å²) in [4.78, 5) is 12.6. The van der Waals surface area contributed by atoms with Gasteiger partial charge in [-0.05, 0) is 43.2 Å². The monoisotopic (exact) mass is 255 g/mol. The Bertz CT molecular complexity index is 610. The molecular weight excluding hydrogens is 238 g/mol. The van der Waals surface area contributed by atoms with Crippen LogP contribution in [-0.4, -0.2) is 11.8 Å². The molecule has 4 unspecified atom stereocenters. The third-order valence-corrected chi connectivity index (χ3v) is 4.95. The molecule has 4 atom stereocenters. The van der Waals surface area contributed by atoms with Crippen LogP contribution >= 0.6 is 0 Å². The van der Waals surface area contributed by atoms with Gasteiger partial charge in [-0.3, -0.25) is 4.79 Å². The molecule has 2 aromatic rings. The molecule has 0 spiro atoms. The lowest BCUT2D eigenvalue weighted by molar-refractivity contribution is 0.0829. The minimum Gasteiger partial charge on any atom is -0.453 e. The highest BCUT2D eigenvalue weighted by atomic mass is 16.3. The van der Waals surface area contributed by atoms with E-state index in [-0.39, 0.29) is 17.7 Å². The number of nitrogens with two attached hydrogens (primary N) is 1. The van der Waals surface area contributed by atoms with Crippen molar-refractivity contribution in [3.05, 3.63) is 36.1 Å². The third kappa shape index (κ3) is 1.58. The molecule has 0 amide bonds. The Kier molecular flexibility index (Phi) is 2.33. The fourth-order valence-corrected chi connectivity index (χ4v) is 3.99. The molecule has 3 heteroatoms. The highest BCUT2D eigenvalue weighted by Gasteiger charge is 2.49. The van der Waals surface area contributed by atoms with Crippen LogP contribution in [0.25, 0.3) is 11.0 Å². The molecule has 2 bridgehead atoms. The zero-order valence-electron chi connectivity index (χ0n) is 10.7. The molecule has 0 radical (unpaired) electrons. The van der Waals surface area contributed by atoms with Crippen molar-refractivity contribution < 1.29 is 9.21 Å². The van der Waals surface area contributed by atoms with E-state index < -0.39 is 0 Å². The van der Waals surface area contributed by atoms with Gasteiger partial charge in [-0.15, -0.1) is 0 Å². The number of carbonyl (C=O) groups excluding carboxylic acids is 1. The SMILES string of the molecule is NC1C2CCC(C2)C1C(=O)c1cc2ccccc2o1. The summed E-state index contributed by atoms with van der Waals surface area (Å²) in [7, 11) is 0. The van der Waals surface area contributed by atoms with Crippen molar-refractivity contribution in [2.24, 2.45) is 23.5 Å². The Balaban J connectivity index is 1.70. The summed E-state index contributed by atoms with van der Waals surface area (Å²) in [6, 6.07) is 9.62. The van der Waals surface area contributed by atoms with Gasteiger partial charge in [0.2, 0.25) is 5.78 Å². The van der Waals surface area contributed by atoms with E-state index in [0.29, 0.717) is 17.6 Å². The van der Waals surface area contributed by atoms with Gasteiger partial charge in [0.05, 0.1) is 0 Å². The van der Waals surface area contributed by atoms with E-state index >= 15 is 0 Å². The summed E-state index contributed by atoms with van der Waals surface area (Å²) >= 11 is 0. The van der Waals surface area contributed by atoms with Crippen molar-refractivity contribution in [2.75, 3.05) is 0 Å². The lowest BCUT2D eigenvalue weighted by atomic mass is 9.81. The van der Waals surface area contributed by atoms with Crippen molar-refractivity contribution in [3.8, 4) is 0 Å². The van der Waals surface area contributed by atoms with E-state index in [1.54, 1.807) is 0 Å². The van der Waals surface area contributed by atoms with E-state index in [1.165, 1.54) is 6.42 Å². The van der Waals surface area contributed by atoms with E-state index in [2.05, 4.69) is 0 Å². The molecule has 2 aliphatic rings. The van der Waals surface area contributed by atoms with Crippen LogP contribution in [0.1, 0.15) is 29.8 Å². The number of carbonyl (C=O) groups is 1. The van der Waals surface area contributed by atoms with Crippen LogP contribution in [0.4, 0.5) is 0 Å². The normalized spacial score (nSPS) is 33.1. The highest BCUT2D eigenvalue weighted by molar-refractivity contribution is 5.99. The Hall–Kier alpha value is -1.61.